The lowest BCUT2D eigenvalue weighted by Gasteiger charge is -2.34. The number of ether oxygens (including phenoxy) is 2. The van der Waals surface area contributed by atoms with Crippen LogP contribution in [0.25, 0.3) is 0 Å². The van der Waals surface area contributed by atoms with E-state index in [4.69, 9.17) is 21.1 Å². The Morgan fingerprint density at radius 1 is 1.50 bits per heavy atom. The number of likely N-dealkylation sites (tertiary alicyclic amines) is 1. The second kappa shape index (κ2) is 6.39. The molecular weight excluding hydrogens is 300 g/mol. The van der Waals surface area contributed by atoms with Crippen LogP contribution in [-0.4, -0.2) is 48.4 Å². The predicted octanol–water partition coefficient (Wildman–Crippen LogP) is 1.95. The van der Waals surface area contributed by atoms with Crippen molar-refractivity contribution in [3.8, 4) is 0 Å². The summed E-state index contributed by atoms with van der Waals surface area (Å²) < 4.78 is 11.7. The van der Waals surface area contributed by atoms with Gasteiger partial charge in [0, 0.05) is 19.0 Å². The molecule has 1 aromatic heterocycles. The average molecular weight is 317 g/mol. The van der Waals surface area contributed by atoms with Crippen molar-refractivity contribution in [2.75, 3.05) is 26.3 Å². The van der Waals surface area contributed by atoms with Gasteiger partial charge in [-0.3, -0.25) is 4.79 Å². The van der Waals surface area contributed by atoms with Crippen molar-refractivity contribution in [2.24, 2.45) is 5.92 Å². The standard InChI is InChI=1S/C13H17ClN2O3S/c14-10-7-15-11(20-10)6-12(17)16-3-1-2-9(8-16)13-18-4-5-19-13/h7,9,13H,1-6,8H2. The molecule has 110 valence electrons. The first-order chi connectivity index (χ1) is 9.72. The molecule has 3 rings (SSSR count). The van der Waals surface area contributed by atoms with Gasteiger partial charge in [-0.25, -0.2) is 4.98 Å². The molecule has 0 spiro atoms. The molecule has 7 heteroatoms. The largest absolute Gasteiger partial charge is 0.350 e. The van der Waals surface area contributed by atoms with Crippen LogP contribution in [0.1, 0.15) is 17.8 Å². The van der Waals surface area contributed by atoms with Gasteiger partial charge in [0.05, 0.1) is 25.8 Å². The van der Waals surface area contributed by atoms with E-state index >= 15 is 0 Å². The molecule has 0 aliphatic carbocycles. The maximum absolute atomic E-state index is 12.3. The highest BCUT2D eigenvalue weighted by atomic mass is 35.5. The number of carbonyl (C=O) groups excluding carboxylic acids is 1. The summed E-state index contributed by atoms with van der Waals surface area (Å²) >= 11 is 7.20. The molecule has 2 aliphatic heterocycles. The Labute approximate surface area is 126 Å². The number of hydrogen-bond donors (Lipinski definition) is 0. The minimum absolute atomic E-state index is 0.110. The smallest absolute Gasteiger partial charge is 0.229 e. The molecule has 20 heavy (non-hydrogen) atoms. The summed E-state index contributed by atoms with van der Waals surface area (Å²) in [6, 6.07) is 0. The molecule has 3 heterocycles. The number of halogens is 1. The Bertz CT molecular complexity index is 476. The van der Waals surface area contributed by atoms with E-state index in [1.54, 1.807) is 6.20 Å². The van der Waals surface area contributed by atoms with Gasteiger partial charge in [-0.1, -0.05) is 11.6 Å². The van der Waals surface area contributed by atoms with Crippen LogP contribution in [0, 0.1) is 5.92 Å². The van der Waals surface area contributed by atoms with Gasteiger partial charge in [-0.15, -0.1) is 11.3 Å². The van der Waals surface area contributed by atoms with E-state index in [0.29, 0.717) is 30.5 Å². The third-order valence-corrected chi connectivity index (χ3v) is 4.79. The van der Waals surface area contributed by atoms with E-state index in [1.165, 1.54) is 11.3 Å². The van der Waals surface area contributed by atoms with Crippen LogP contribution in [0.15, 0.2) is 6.20 Å². The molecule has 2 aliphatic rings. The van der Waals surface area contributed by atoms with Gasteiger partial charge in [0.15, 0.2) is 6.29 Å². The second-order valence-corrected chi connectivity index (χ2v) is 6.83. The van der Waals surface area contributed by atoms with Crippen LogP contribution >= 0.6 is 22.9 Å². The van der Waals surface area contributed by atoms with Gasteiger partial charge >= 0.3 is 0 Å². The van der Waals surface area contributed by atoms with Crippen molar-refractivity contribution in [1.82, 2.24) is 9.88 Å². The highest BCUT2D eigenvalue weighted by molar-refractivity contribution is 7.15. The molecule has 0 aromatic carbocycles. The molecule has 0 bridgehead atoms. The molecule has 1 amide bonds. The number of rotatable bonds is 3. The monoisotopic (exact) mass is 316 g/mol. The number of aromatic nitrogens is 1. The van der Waals surface area contributed by atoms with Crippen molar-refractivity contribution in [2.45, 2.75) is 25.6 Å². The van der Waals surface area contributed by atoms with E-state index in [9.17, 15) is 4.79 Å². The summed E-state index contributed by atoms with van der Waals surface area (Å²) in [6.07, 6.45) is 3.83. The number of carbonyl (C=O) groups is 1. The van der Waals surface area contributed by atoms with Gasteiger partial charge in [-0.2, -0.15) is 0 Å². The van der Waals surface area contributed by atoms with E-state index in [2.05, 4.69) is 4.98 Å². The lowest BCUT2D eigenvalue weighted by atomic mass is 9.97. The van der Waals surface area contributed by atoms with Gasteiger partial charge in [0.1, 0.15) is 9.34 Å². The lowest BCUT2D eigenvalue weighted by Crippen LogP contribution is -2.44. The molecule has 1 atom stereocenters. The fraction of sp³-hybridized carbons (Fsp3) is 0.692. The minimum atomic E-state index is -0.139. The Morgan fingerprint density at radius 3 is 3.00 bits per heavy atom. The molecule has 1 unspecified atom stereocenters. The second-order valence-electron chi connectivity index (χ2n) is 5.09. The summed E-state index contributed by atoms with van der Waals surface area (Å²) in [6.45, 7) is 2.84. The number of hydrogen-bond acceptors (Lipinski definition) is 5. The predicted molar refractivity (Wildman–Crippen MR) is 75.8 cm³/mol. The fourth-order valence-corrected chi connectivity index (χ4v) is 3.67. The summed E-state index contributed by atoms with van der Waals surface area (Å²) in [7, 11) is 0. The van der Waals surface area contributed by atoms with E-state index in [-0.39, 0.29) is 18.1 Å². The van der Waals surface area contributed by atoms with E-state index < -0.39 is 0 Å². The third-order valence-electron chi connectivity index (χ3n) is 3.67. The molecule has 0 radical (unpaired) electrons. The van der Waals surface area contributed by atoms with Crippen LogP contribution in [0.5, 0.6) is 0 Å². The fourth-order valence-electron chi connectivity index (χ4n) is 2.72. The Hall–Kier alpha value is -0.690. The maximum Gasteiger partial charge on any atom is 0.229 e. The lowest BCUT2D eigenvalue weighted by molar-refractivity contribution is -0.138. The highest BCUT2D eigenvalue weighted by Crippen LogP contribution is 2.26. The summed E-state index contributed by atoms with van der Waals surface area (Å²) in [5.74, 6) is 0.397. The van der Waals surface area contributed by atoms with Crippen molar-refractivity contribution in [1.29, 1.82) is 0 Å². The molecule has 2 fully saturated rings. The number of piperidine rings is 1. The Balaban J connectivity index is 1.57. The first-order valence-electron chi connectivity index (χ1n) is 6.83. The van der Waals surface area contributed by atoms with Crippen LogP contribution in [0.3, 0.4) is 0 Å². The average Bonchev–Trinajstić information content (AvgIpc) is 3.11. The number of amides is 1. The zero-order chi connectivity index (χ0) is 13.9. The Morgan fingerprint density at radius 2 is 2.30 bits per heavy atom. The van der Waals surface area contributed by atoms with Crippen LogP contribution in [0.2, 0.25) is 4.34 Å². The van der Waals surface area contributed by atoms with E-state index in [0.717, 1.165) is 24.4 Å². The molecule has 0 saturated carbocycles. The van der Waals surface area contributed by atoms with Gasteiger partial charge in [0.2, 0.25) is 5.91 Å². The third kappa shape index (κ3) is 3.31. The first-order valence-corrected chi connectivity index (χ1v) is 8.03. The van der Waals surface area contributed by atoms with Crippen molar-refractivity contribution < 1.29 is 14.3 Å². The van der Waals surface area contributed by atoms with Crippen LogP contribution < -0.4 is 0 Å². The summed E-state index contributed by atoms with van der Waals surface area (Å²) in [4.78, 5) is 18.3. The molecule has 5 nitrogen and oxygen atoms in total. The first kappa shape index (κ1) is 14.3. The molecule has 0 N–H and O–H groups in total. The summed E-state index contributed by atoms with van der Waals surface area (Å²) in [5, 5.41) is 0.774. The molecular formula is C13H17ClN2O3S. The van der Waals surface area contributed by atoms with Gasteiger partial charge in [-0.05, 0) is 12.8 Å². The van der Waals surface area contributed by atoms with Gasteiger partial charge in [0.25, 0.3) is 0 Å². The summed E-state index contributed by atoms with van der Waals surface area (Å²) in [5.41, 5.74) is 0. The van der Waals surface area contributed by atoms with Crippen LogP contribution in [0.4, 0.5) is 0 Å². The zero-order valence-electron chi connectivity index (χ0n) is 11.1. The topological polar surface area (TPSA) is 51.7 Å². The highest BCUT2D eigenvalue weighted by Gasteiger charge is 2.32. The van der Waals surface area contributed by atoms with Gasteiger partial charge < -0.3 is 14.4 Å². The van der Waals surface area contributed by atoms with Crippen molar-refractivity contribution in [3.63, 3.8) is 0 Å². The van der Waals surface area contributed by atoms with Crippen molar-refractivity contribution in [3.05, 3.63) is 15.5 Å². The normalized spacial score (nSPS) is 24.2. The molecule has 1 aromatic rings. The van der Waals surface area contributed by atoms with Crippen LogP contribution in [-0.2, 0) is 20.7 Å². The number of nitrogens with zero attached hydrogens (tertiary/aromatic N) is 2. The minimum Gasteiger partial charge on any atom is -0.350 e. The zero-order valence-corrected chi connectivity index (χ0v) is 12.7. The SMILES string of the molecule is O=C(Cc1ncc(Cl)s1)N1CCCC(C2OCCO2)C1. The quantitative estimate of drug-likeness (QED) is 0.855. The number of thiazole rings is 1. The van der Waals surface area contributed by atoms with Crippen molar-refractivity contribution >= 4 is 28.8 Å². The maximum atomic E-state index is 12.3. The molecule has 2 saturated heterocycles. The Kier molecular flexibility index (Phi) is 4.55. The van der Waals surface area contributed by atoms with E-state index in [1.807, 2.05) is 4.90 Å².